The Morgan fingerprint density at radius 2 is 1.70 bits per heavy atom. The molecule has 1 saturated heterocycles. The molecule has 0 atom stereocenters. The lowest BCUT2D eigenvalue weighted by Crippen LogP contribution is -2.39. The Labute approximate surface area is 139 Å². The van der Waals surface area contributed by atoms with Crippen molar-refractivity contribution < 1.29 is 9.59 Å². The number of para-hydroxylation sites is 1. The topological polar surface area (TPSA) is 52.7 Å². The van der Waals surface area contributed by atoms with Gasteiger partial charge in [0.15, 0.2) is 0 Å². The zero-order valence-electron chi connectivity index (χ0n) is 12.8. The highest BCUT2D eigenvalue weighted by atomic mass is 32.1. The van der Waals surface area contributed by atoms with E-state index in [1.807, 2.05) is 52.1 Å². The van der Waals surface area contributed by atoms with E-state index >= 15 is 0 Å². The second-order valence-corrected chi connectivity index (χ2v) is 6.22. The SMILES string of the molecule is O=C(Nc1ccccc1)N1CCCN(C(=O)c2ccsc2)CC1. The van der Waals surface area contributed by atoms with Gasteiger partial charge in [-0.25, -0.2) is 4.79 Å². The molecule has 2 heterocycles. The minimum absolute atomic E-state index is 0.0524. The molecular weight excluding hydrogens is 310 g/mol. The van der Waals surface area contributed by atoms with E-state index < -0.39 is 0 Å². The van der Waals surface area contributed by atoms with Gasteiger partial charge in [0.25, 0.3) is 5.91 Å². The second kappa shape index (κ2) is 7.28. The largest absolute Gasteiger partial charge is 0.337 e. The summed E-state index contributed by atoms with van der Waals surface area (Å²) in [5.74, 6) is 0.0524. The first kappa shape index (κ1) is 15.6. The second-order valence-electron chi connectivity index (χ2n) is 5.44. The predicted octanol–water partition coefficient (Wildman–Crippen LogP) is 3.13. The monoisotopic (exact) mass is 329 g/mol. The molecule has 1 aliphatic rings. The van der Waals surface area contributed by atoms with Crippen LogP contribution in [0.3, 0.4) is 0 Å². The summed E-state index contributed by atoms with van der Waals surface area (Å²) in [4.78, 5) is 28.3. The van der Waals surface area contributed by atoms with E-state index in [0.717, 1.165) is 17.7 Å². The molecule has 1 aliphatic heterocycles. The summed E-state index contributed by atoms with van der Waals surface area (Å²) in [6, 6.07) is 11.1. The van der Waals surface area contributed by atoms with Gasteiger partial charge in [-0.3, -0.25) is 4.79 Å². The zero-order valence-corrected chi connectivity index (χ0v) is 13.6. The van der Waals surface area contributed by atoms with Crippen LogP contribution in [0.2, 0.25) is 0 Å². The van der Waals surface area contributed by atoms with Gasteiger partial charge in [-0.05, 0) is 30.0 Å². The molecule has 0 saturated carbocycles. The lowest BCUT2D eigenvalue weighted by Gasteiger charge is -2.22. The maximum Gasteiger partial charge on any atom is 0.321 e. The molecule has 120 valence electrons. The lowest BCUT2D eigenvalue weighted by atomic mass is 10.3. The summed E-state index contributed by atoms with van der Waals surface area (Å²) in [5.41, 5.74) is 1.52. The van der Waals surface area contributed by atoms with Crippen molar-refractivity contribution >= 4 is 29.0 Å². The van der Waals surface area contributed by atoms with Gasteiger partial charge in [-0.1, -0.05) is 18.2 Å². The van der Waals surface area contributed by atoms with Crippen molar-refractivity contribution in [1.29, 1.82) is 0 Å². The fraction of sp³-hybridized carbons (Fsp3) is 0.294. The Morgan fingerprint density at radius 1 is 0.957 bits per heavy atom. The summed E-state index contributed by atoms with van der Waals surface area (Å²) in [7, 11) is 0. The Bertz CT molecular complexity index is 658. The molecule has 6 heteroatoms. The summed E-state index contributed by atoms with van der Waals surface area (Å²) in [6.07, 6.45) is 0.790. The molecule has 0 aliphatic carbocycles. The molecule has 3 rings (SSSR count). The standard InChI is InChI=1S/C17H19N3O2S/c21-16(14-7-12-23-13-14)19-8-4-9-20(11-10-19)17(22)18-15-5-2-1-3-6-15/h1-3,5-7,12-13H,4,8-11H2,(H,18,22). The van der Waals surface area contributed by atoms with E-state index in [2.05, 4.69) is 5.32 Å². The predicted molar refractivity (Wildman–Crippen MR) is 91.9 cm³/mol. The van der Waals surface area contributed by atoms with Gasteiger partial charge in [0.05, 0.1) is 5.56 Å². The Morgan fingerprint density at radius 3 is 2.43 bits per heavy atom. The molecule has 1 N–H and O–H groups in total. The summed E-state index contributed by atoms with van der Waals surface area (Å²) in [5, 5.41) is 6.67. The highest BCUT2D eigenvalue weighted by Gasteiger charge is 2.22. The van der Waals surface area contributed by atoms with Crippen molar-refractivity contribution in [3.63, 3.8) is 0 Å². The molecule has 1 fully saturated rings. The summed E-state index contributed by atoms with van der Waals surface area (Å²) in [6.45, 7) is 2.46. The summed E-state index contributed by atoms with van der Waals surface area (Å²) >= 11 is 1.52. The van der Waals surface area contributed by atoms with Crippen LogP contribution in [0, 0.1) is 0 Å². The average Bonchev–Trinajstić information content (AvgIpc) is 2.99. The van der Waals surface area contributed by atoms with E-state index in [1.54, 1.807) is 4.90 Å². The highest BCUT2D eigenvalue weighted by molar-refractivity contribution is 7.08. The molecule has 3 amide bonds. The van der Waals surface area contributed by atoms with Crippen molar-refractivity contribution in [1.82, 2.24) is 9.80 Å². The van der Waals surface area contributed by atoms with Crippen LogP contribution in [0.5, 0.6) is 0 Å². The van der Waals surface area contributed by atoms with E-state index in [1.165, 1.54) is 11.3 Å². The average molecular weight is 329 g/mol. The normalized spacial score (nSPS) is 15.1. The number of nitrogens with one attached hydrogen (secondary N) is 1. The number of carbonyl (C=O) groups excluding carboxylic acids is 2. The maximum absolute atomic E-state index is 12.4. The molecule has 1 aromatic heterocycles. The number of amides is 3. The highest BCUT2D eigenvalue weighted by Crippen LogP contribution is 2.13. The van der Waals surface area contributed by atoms with Crippen LogP contribution in [0.1, 0.15) is 16.8 Å². The Balaban J connectivity index is 1.58. The van der Waals surface area contributed by atoms with Crippen LogP contribution in [0.15, 0.2) is 47.2 Å². The number of thiophene rings is 1. The number of hydrogen-bond donors (Lipinski definition) is 1. The lowest BCUT2D eigenvalue weighted by molar-refractivity contribution is 0.0763. The van der Waals surface area contributed by atoms with Gasteiger partial charge in [0.2, 0.25) is 0 Å². The zero-order chi connectivity index (χ0) is 16.1. The molecule has 0 bridgehead atoms. The number of nitrogens with zero attached hydrogens (tertiary/aromatic N) is 2. The molecule has 0 unspecified atom stereocenters. The number of hydrogen-bond acceptors (Lipinski definition) is 3. The minimum atomic E-state index is -0.110. The molecule has 2 aromatic rings. The van der Waals surface area contributed by atoms with Crippen molar-refractivity contribution in [2.24, 2.45) is 0 Å². The smallest absolute Gasteiger partial charge is 0.321 e. The molecule has 0 radical (unpaired) electrons. The molecule has 5 nitrogen and oxygen atoms in total. The number of carbonyl (C=O) groups is 2. The van der Waals surface area contributed by atoms with Crippen LogP contribution in [-0.4, -0.2) is 47.9 Å². The minimum Gasteiger partial charge on any atom is -0.337 e. The molecule has 1 aromatic carbocycles. The number of urea groups is 1. The van der Waals surface area contributed by atoms with Crippen LogP contribution in [0.25, 0.3) is 0 Å². The van der Waals surface area contributed by atoms with Crippen LogP contribution in [-0.2, 0) is 0 Å². The third kappa shape index (κ3) is 3.90. The Kier molecular flexibility index (Phi) is 4.92. The van der Waals surface area contributed by atoms with Crippen molar-refractivity contribution in [3.05, 3.63) is 52.7 Å². The van der Waals surface area contributed by atoms with Crippen LogP contribution < -0.4 is 5.32 Å². The summed E-state index contributed by atoms with van der Waals surface area (Å²) < 4.78 is 0. The van der Waals surface area contributed by atoms with Gasteiger partial charge in [0, 0.05) is 37.2 Å². The van der Waals surface area contributed by atoms with Gasteiger partial charge in [0.1, 0.15) is 0 Å². The first-order valence-corrected chi connectivity index (χ1v) is 8.61. The van der Waals surface area contributed by atoms with Gasteiger partial charge in [-0.2, -0.15) is 11.3 Å². The van der Waals surface area contributed by atoms with E-state index in [4.69, 9.17) is 0 Å². The van der Waals surface area contributed by atoms with Crippen LogP contribution in [0.4, 0.5) is 10.5 Å². The van der Waals surface area contributed by atoms with E-state index in [9.17, 15) is 9.59 Å². The van der Waals surface area contributed by atoms with Crippen molar-refractivity contribution in [2.45, 2.75) is 6.42 Å². The third-order valence-corrected chi connectivity index (χ3v) is 4.55. The van der Waals surface area contributed by atoms with Crippen molar-refractivity contribution in [3.8, 4) is 0 Å². The van der Waals surface area contributed by atoms with Crippen molar-refractivity contribution in [2.75, 3.05) is 31.5 Å². The Hall–Kier alpha value is -2.34. The third-order valence-electron chi connectivity index (χ3n) is 3.86. The quantitative estimate of drug-likeness (QED) is 0.920. The molecular formula is C17H19N3O2S. The van der Waals surface area contributed by atoms with E-state index in [0.29, 0.717) is 26.2 Å². The fourth-order valence-electron chi connectivity index (χ4n) is 2.62. The first-order valence-electron chi connectivity index (χ1n) is 7.66. The fourth-order valence-corrected chi connectivity index (χ4v) is 3.25. The van der Waals surface area contributed by atoms with Gasteiger partial charge < -0.3 is 15.1 Å². The molecule has 23 heavy (non-hydrogen) atoms. The molecule has 0 spiro atoms. The van der Waals surface area contributed by atoms with Gasteiger partial charge in [-0.15, -0.1) is 0 Å². The number of benzene rings is 1. The number of anilines is 1. The van der Waals surface area contributed by atoms with Crippen LogP contribution >= 0.6 is 11.3 Å². The van der Waals surface area contributed by atoms with Gasteiger partial charge >= 0.3 is 6.03 Å². The number of rotatable bonds is 2. The van der Waals surface area contributed by atoms with E-state index in [-0.39, 0.29) is 11.9 Å². The maximum atomic E-state index is 12.4. The first-order chi connectivity index (χ1) is 11.2.